The summed E-state index contributed by atoms with van der Waals surface area (Å²) in [5.41, 5.74) is 6.80. The zero-order valence-corrected chi connectivity index (χ0v) is 16.5. The van der Waals surface area contributed by atoms with Crippen molar-refractivity contribution in [1.82, 2.24) is 34.9 Å². The van der Waals surface area contributed by atoms with Crippen molar-refractivity contribution in [2.24, 2.45) is 7.05 Å². The molecule has 0 atom stereocenters. The van der Waals surface area contributed by atoms with Crippen molar-refractivity contribution < 1.29 is 4.39 Å². The van der Waals surface area contributed by atoms with Crippen LogP contribution in [0.4, 0.5) is 4.39 Å². The Labute approximate surface area is 175 Å². The van der Waals surface area contributed by atoms with Gasteiger partial charge in [0, 0.05) is 29.8 Å². The van der Waals surface area contributed by atoms with E-state index in [1.54, 1.807) is 29.2 Å². The number of pyridine rings is 1. The third-order valence-electron chi connectivity index (χ3n) is 5.34. The number of rotatable bonds is 3. The van der Waals surface area contributed by atoms with Crippen molar-refractivity contribution >= 4 is 21.9 Å². The molecule has 0 aliphatic carbocycles. The minimum Gasteiger partial charge on any atom is -0.337 e. The summed E-state index contributed by atoms with van der Waals surface area (Å²) in [6.07, 6.45) is 5.47. The number of halogens is 1. The van der Waals surface area contributed by atoms with Gasteiger partial charge < -0.3 is 4.98 Å². The Morgan fingerprint density at radius 2 is 1.84 bits per heavy atom. The summed E-state index contributed by atoms with van der Waals surface area (Å²) in [6, 6.07) is 14.3. The third-order valence-corrected chi connectivity index (χ3v) is 5.34. The van der Waals surface area contributed by atoms with E-state index in [0.717, 1.165) is 44.3 Å². The number of aromatic amines is 2. The zero-order valence-electron chi connectivity index (χ0n) is 16.5. The van der Waals surface area contributed by atoms with E-state index in [1.807, 2.05) is 37.5 Å². The predicted octanol–water partition coefficient (Wildman–Crippen LogP) is 4.71. The third kappa shape index (κ3) is 2.88. The van der Waals surface area contributed by atoms with Crippen LogP contribution in [0.5, 0.6) is 0 Å². The lowest BCUT2D eigenvalue weighted by atomic mass is 10.0. The Kier molecular flexibility index (Phi) is 3.73. The van der Waals surface area contributed by atoms with Crippen molar-refractivity contribution in [3.8, 4) is 33.9 Å². The molecule has 2 aromatic carbocycles. The molecule has 7 nitrogen and oxygen atoms in total. The van der Waals surface area contributed by atoms with Crippen LogP contribution in [0.25, 0.3) is 55.8 Å². The lowest BCUT2D eigenvalue weighted by Crippen LogP contribution is -1.85. The predicted molar refractivity (Wildman–Crippen MR) is 117 cm³/mol. The minimum atomic E-state index is -0.264. The number of benzene rings is 2. The number of nitrogens with zero attached hydrogens (tertiary/aromatic N) is 5. The van der Waals surface area contributed by atoms with Gasteiger partial charge in [-0.05, 0) is 29.8 Å². The number of para-hydroxylation sites is 1. The van der Waals surface area contributed by atoms with Crippen LogP contribution in [-0.2, 0) is 7.05 Å². The van der Waals surface area contributed by atoms with Crippen LogP contribution in [0.2, 0.25) is 0 Å². The number of fused-ring (bicyclic) bond motifs is 2. The van der Waals surface area contributed by atoms with Gasteiger partial charge in [0.2, 0.25) is 0 Å². The Morgan fingerprint density at radius 3 is 2.65 bits per heavy atom. The summed E-state index contributed by atoms with van der Waals surface area (Å²) >= 11 is 0. The summed E-state index contributed by atoms with van der Waals surface area (Å²) in [5, 5.41) is 12.7. The SMILES string of the molecule is Cn1cc(-c2cc3c(-c4nc5c(-c6ccc(F)cc6)cccc5[nH]4)n[nH]c3cn2)cn1. The maximum Gasteiger partial charge on any atom is 0.159 e. The van der Waals surface area contributed by atoms with Crippen LogP contribution in [0, 0.1) is 5.82 Å². The second-order valence-corrected chi connectivity index (χ2v) is 7.38. The zero-order chi connectivity index (χ0) is 20.9. The van der Waals surface area contributed by atoms with Crippen LogP contribution in [-0.4, -0.2) is 34.9 Å². The van der Waals surface area contributed by atoms with Crippen molar-refractivity contribution in [2.45, 2.75) is 0 Å². The highest BCUT2D eigenvalue weighted by molar-refractivity contribution is 5.97. The lowest BCUT2D eigenvalue weighted by molar-refractivity contribution is 0.628. The highest BCUT2D eigenvalue weighted by Gasteiger charge is 2.16. The normalized spacial score (nSPS) is 11.5. The number of aryl methyl sites for hydroxylation is 1. The monoisotopic (exact) mass is 409 g/mol. The van der Waals surface area contributed by atoms with Crippen LogP contribution in [0.15, 0.2) is 67.1 Å². The first kappa shape index (κ1) is 17.5. The Balaban J connectivity index is 1.50. The summed E-state index contributed by atoms with van der Waals surface area (Å²) in [4.78, 5) is 12.7. The van der Waals surface area contributed by atoms with E-state index in [-0.39, 0.29) is 5.82 Å². The molecule has 31 heavy (non-hydrogen) atoms. The van der Waals surface area contributed by atoms with E-state index >= 15 is 0 Å². The molecule has 0 bridgehead atoms. The molecule has 0 aliphatic heterocycles. The van der Waals surface area contributed by atoms with Crippen LogP contribution >= 0.6 is 0 Å². The first-order valence-corrected chi connectivity index (χ1v) is 9.74. The second kappa shape index (κ2) is 6.60. The molecule has 0 amide bonds. The molecule has 0 radical (unpaired) electrons. The first-order valence-electron chi connectivity index (χ1n) is 9.74. The average molecular weight is 409 g/mol. The number of nitrogens with one attached hydrogen (secondary N) is 2. The van der Waals surface area contributed by atoms with Crippen molar-refractivity contribution in [3.05, 3.63) is 72.9 Å². The number of aromatic nitrogens is 7. The molecule has 4 aromatic heterocycles. The molecule has 0 aliphatic rings. The highest BCUT2D eigenvalue weighted by Crippen LogP contribution is 2.32. The van der Waals surface area contributed by atoms with Gasteiger partial charge in [-0.3, -0.25) is 14.8 Å². The fourth-order valence-corrected chi connectivity index (χ4v) is 3.82. The van der Waals surface area contributed by atoms with E-state index in [0.29, 0.717) is 11.5 Å². The molecule has 0 spiro atoms. The standard InChI is InChI=1S/C23H16FN7/c1-31-12-14(10-26-31)19-9-17-20(11-25-19)29-30-22(17)23-27-18-4-2-3-16(21(18)28-23)13-5-7-15(24)8-6-13/h2-12H,1H3,(H,27,28)(H,29,30). The second-order valence-electron chi connectivity index (χ2n) is 7.38. The Bertz CT molecular complexity index is 1560. The summed E-state index contributed by atoms with van der Waals surface area (Å²) < 4.78 is 15.1. The number of H-pyrrole nitrogens is 2. The van der Waals surface area contributed by atoms with Gasteiger partial charge in [-0.1, -0.05) is 24.3 Å². The summed E-state index contributed by atoms with van der Waals surface area (Å²) in [7, 11) is 1.87. The summed E-state index contributed by atoms with van der Waals surface area (Å²) in [5.74, 6) is 0.388. The van der Waals surface area contributed by atoms with E-state index < -0.39 is 0 Å². The molecule has 2 N–H and O–H groups in total. The first-order chi connectivity index (χ1) is 15.2. The fraction of sp³-hybridized carbons (Fsp3) is 0.0435. The van der Waals surface area contributed by atoms with E-state index in [9.17, 15) is 4.39 Å². The maximum absolute atomic E-state index is 13.4. The van der Waals surface area contributed by atoms with Gasteiger partial charge in [-0.2, -0.15) is 10.2 Å². The largest absolute Gasteiger partial charge is 0.337 e. The molecule has 150 valence electrons. The smallest absolute Gasteiger partial charge is 0.159 e. The van der Waals surface area contributed by atoms with Crippen LogP contribution in [0.1, 0.15) is 0 Å². The number of hydrogen-bond donors (Lipinski definition) is 2. The van der Waals surface area contributed by atoms with Gasteiger partial charge in [-0.25, -0.2) is 9.37 Å². The topological polar surface area (TPSA) is 88.1 Å². The molecule has 0 unspecified atom stereocenters. The van der Waals surface area contributed by atoms with Gasteiger partial charge in [-0.15, -0.1) is 0 Å². The molecular weight excluding hydrogens is 393 g/mol. The van der Waals surface area contributed by atoms with Crippen molar-refractivity contribution in [3.63, 3.8) is 0 Å². The molecule has 0 saturated heterocycles. The molecule has 6 aromatic rings. The lowest BCUT2D eigenvalue weighted by Gasteiger charge is -2.02. The van der Waals surface area contributed by atoms with Gasteiger partial charge in [0.15, 0.2) is 5.82 Å². The average Bonchev–Trinajstić information content (AvgIpc) is 3.51. The molecule has 0 fully saturated rings. The highest BCUT2D eigenvalue weighted by atomic mass is 19.1. The molecular formula is C23H16FN7. The Morgan fingerprint density at radius 1 is 0.968 bits per heavy atom. The fourth-order valence-electron chi connectivity index (χ4n) is 3.82. The van der Waals surface area contributed by atoms with E-state index in [4.69, 9.17) is 4.98 Å². The molecule has 0 saturated carbocycles. The van der Waals surface area contributed by atoms with Crippen molar-refractivity contribution in [1.29, 1.82) is 0 Å². The minimum absolute atomic E-state index is 0.264. The van der Waals surface area contributed by atoms with E-state index in [1.165, 1.54) is 12.1 Å². The van der Waals surface area contributed by atoms with Gasteiger partial charge in [0.1, 0.15) is 11.5 Å². The number of imidazole rings is 1. The van der Waals surface area contributed by atoms with Gasteiger partial charge in [0.25, 0.3) is 0 Å². The summed E-state index contributed by atoms with van der Waals surface area (Å²) in [6.45, 7) is 0. The van der Waals surface area contributed by atoms with Crippen molar-refractivity contribution in [2.75, 3.05) is 0 Å². The number of hydrogen-bond acceptors (Lipinski definition) is 4. The maximum atomic E-state index is 13.4. The van der Waals surface area contributed by atoms with Crippen LogP contribution < -0.4 is 0 Å². The van der Waals surface area contributed by atoms with E-state index in [2.05, 4.69) is 25.3 Å². The van der Waals surface area contributed by atoms with Crippen LogP contribution in [0.3, 0.4) is 0 Å². The Hall–Kier alpha value is -4.33. The quantitative estimate of drug-likeness (QED) is 0.443. The van der Waals surface area contributed by atoms with Gasteiger partial charge >= 0.3 is 0 Å². The molecule has 4 heterocycles. The van der Waals surface area contributed by atoms with Gasteiger partial charge in [0.05, 0.1) is 34.6 Å². The molecule has 8 heteroatoms. The molecule has 6 rings (SSSR count).